The maximum absolute atomic E-state index is 10.5. The lowest BCUT2D eigenvalue weighted by Crippen LogP contribution is -2.08. The molecule has 5 heteroatoms. The van der Waals surface area contributed by atoms with Crippen LogP contribution in [0.4, 0.5) is 0 Å². The molecule has 0 amide bonds. The Morgan fingerprint density at radius 3 is 2.58 bits per heavy atom. The largest absolute Gasteiger partial charge is 0.493 e. The van der Waals surface area contributed by atoms with Gasteiger partial charge in [-0.05, 0) is 17.5 Å². The summed E-state index contributed by atoms with van der Waals surface area (Å²) in [5, 5.41) is 14.6. The van der Waals surface area contributed by atoms with Crippen molar-refractivity contribution in [2.45, 2.75) is 32.3 Å². The van der Waals surface area contributed by atoms with Crippen molar-refractivity contribution >= 4 is 11.3 Å². The molecule has 0 aromatic carbocycles. The number of aliphatic hydroxyl groups excluding tert-OH is 1. The van der Waals surface area contributed by atoms with Crippen molar-refractivity contribution in [2.75, 3.05) is 7.11 Å². The van der Waals surface area contributed by atoms with Crippen LogP contribution in [-0.2, 0) is 12.5 Å². The van der Waals surface area contributed by atoms with Crippen molar-refractivity contribution in [3.05, 3.63) is 33.8 Å². The van der Waals surface area contributed by atoms with Gasteiger partial charge in [-0.2, -0.15) is 5.10 Å². The van der Waals surface area contributed by atoms with Gasteiger partial charge in [-0.1, -0.05) is 20.8 Å². The third-order valence-corrected chi connectivity index (χ3v) is 4.63. The van der Waals surface area contributed by atoms with E-state index in [1.54, 1.807) is 36.4 Å². The monoisotopic (exact) mass is 280 g/mol. The average Bonchev–Trinajstić information content (AvgIpc) is 2.93. The van der Waals surface area contributed by atoms with E-state index in [1.165, 1.54) is 4.88 Å². The van der Waals surface area contributed by atoms with Gasteiger partial charge in [0, 0.05) is 16.8 Å². The minimum absolute atomic E-state index is 0.0964. The minimum Gasteiger partial charge on any atom is -0.493 e. The summed E-state index contributed by atoms with van der Waals surface area (Å²) in [5.41, 5.74) is 0.781. The Morgan fingerprint density at radius 2 is 2.05 bits per heavy atom. The third-order valence-electron chi connectivity index (χ3n) is 3.06. The van der Waals surface area contributed by atoms with Crippen LogP contribution in [0.25, 0.3) is 0 Å². The van der Waals surface area contributed by atoms with Gasteiger partial charge in [-0.25, -0.2) is 0 Å². The lowest BCUT2D eigenvalue weighted by molar-refractivity contribution is 0.208. The average molecular weight is 280 g/mol. The SMILES string of the molecule is COc1cnn(C)c1C(O)c1ccc(C(C)(C)C)s1. The molecule has 1 N–H and O–H groups in total. The molecular weight excluding hydrogens is 260 g/mol. The zero-order chi connectivity index (χ0) is 14.2. The third kappa shape index (κ3) is 2.67. The predicted octanol–water partition coefficient (Wildman–Crippen LogP) is 2.87. The first-order valence-electron chi connectivity index (χ1n) is 6.18. The normalized spacial score (nSPS) is 13.6. The summed E-state index contributed by atoms with van der Waals surface area (Å²) >= 11 is 1.63. The summed E-state index contributed by atoms with van der Waals surface area (Å²) in [6, 6.07) is 4.05. The molecule has 0 saturated heterocycles. The second-order valence-corrected chi connectivity index (χ2v) is 6.69. The molecule has 0 radical (unpaired) electrons. The van der Waals surface area contributed by atoms with E-state index in [2.05, 4.69) is 31.9 Å². The fourth-order valence-electron chi connectivity index (χ4n) is 1.93. The molecule has 0 aliphatic heterocycles. The van der Waals surface area contributed by atoms with Gasteiger partial charge in [0.2, 0.25) is 0 Å². The fourth-order valence-corrected chi connectivity index (χ4v) is 2.99. The molecule has 1 unspecified atom stereocenters. The van der Waals surface area contributed by atoms with Gasteiger partial charge in [-0.3, -0.25) is 4.68 Å². The molecule has 0 fully saturated rings. The number of aromatic nitrogens is 2. The molecule has 2 heterocycles. The number of thiophene rings is 1. The van der Waals surface area contributed by atoms with Crippen LogP contribution in [0.1, 0.15) is 42.3 Å². The van der Waals surface area contributed by atoms with Crippen molar-refractivity contribution in [1.82, 2.24) is 9.78 Å². The number of hydrogen-bond donors (Lipinski definition) is 1. The molecule has 1 atom stereocenters. The molecule has 0 aliphatic rings. The number of nitrogens with zero attached hydrogens (tertiary/aromatic N) is 2. The van der Waals surface area contributed by atoms with E-state index >= 15 is 0 Å². The minimum atomic E-state index is -0.705. The first-order valence-corrected chi connectivity index (χ1v) is 7.00. The van der Waals surface area contributed by atoms with Crippen LogP contribution < -0.4 is 4.74 Å². The molecule has 2 rings (SSSR count). The summed E-state index contributed by atoms with van der Waals surface area (Å²) in [6.07, 6.45) is 0.917. The Morgan fingerprint density at radius 1 is 1.37 bits per heavy atom. The van der Waals surface area contributed by atoms with E-state index < -0.39 is 6.10 Å². The van der Waals surface area contributed by atoms with Crippen LogP contribution in [0.3, 0.4) is 0 Å². The Hall–Kier alpha value is -1.33. The Bertz CT molecular complexity index is 566. The van der Waals surface area contributed by atoms with Crippen molar-refractivity contribution in [2.24, 2.45) is 7.05 Å². The molecule has 4 nitrogen and oxygen atoms in total. The van der Waals surface area contributed by atoms with E-state index in [4.69, 9.17) is 4.74 Å². The van der Waals surface area contributed by atoms with Gasteiger partial charge in [0.25, 0.3) is 0 Å². The molecule has 0 saturated carbocycles. The molecule has 19 heavy (non-hydrogen) atoms. The highest BCUT2D eigenvalue weighted by molar-refractivity contribution is 7.12. The van der Waals surface area contributed by atoms with Gasteiger partial charge in [0.15, 0.2) is 5.75 Å². The van der Waals surface area contributed by atoms with Crippen molar-refractivity contribution in [3.63, 3.8) is 0 Å². The quantitative estimate of drug-likeness (QED) is 0.940. The van der Waals surface area contributed by atoms with Gasteiger partial charge in [0.05, 0.1) is 13.3 Å². The molecule has 0 spiro atoms. The molecule has 2 aromatic heterocycles. The number of rotatable bonds is 3. The highest BCUT2D eigenvalue weighted by atomic mass is 32.1. The predicted molar refractivity (Wildman–Crippen MR) is 76.8 cm³/mol. The number of aliphatic hydroxyl groups is 1. The topological polar surface area (TPSA) is 47.3 Å². The Labute approximate surface area is 117 Å². The lowest BCUT2D eigenvalue weighted by Gasteiger charge is -2.16. The number of hydrogen-bond acceptors (Lipinski definition) is 4. The Balaban J connectivity index is 2.36. The van der Waals surface area contributed by atoms with Crippen LogP contribution in [-0.4, -0.2) is 22.0 Å². The summed E-state index contributed by atoms with van der Waals surface area (Å²) in [5.74, 6) is 0.612. The van der Waals surface area contributed by atoms with Gasteiger partial charge < -0.3 is 9.84 Å². The summed E-state index contributed by atoms with van der Waals surface area (Å²) in [7, 11) is 3.39. The van der Waals surface area contributed by atoms with E-state index in [-0.39, 0.29) is 5.41 Å². The smallest absolute Gasteiger partial charge is 0.163 e. The van der Waals surface area contributed by atoms with Crippen molar-refractivity contribution in [1.29, 1.82) is 0 Å². The second-order valence-electron chi connectivity index (χ2n) is 5.58. The van der Waals surface area contributed by atoms with E-state index in [1.807, 2.05) is 6.07 Å². The van der Waals surface area contributed by atoms with Crippen molar-refractivity contribution < 1.29 is 9.84 Å². The van der Waals surface area contributed by atoms with Crippen LogP contribution >= 0.6 is 11.3 Å². The lowest BCUT2D eigenvalue weighted by atomic mass is 9.95. The number of aryl methyl sites for hydroxylation is 1. The van der Waals surface area contributed by atoms with Gasteiger partial charge in [-0.15, -0.1) is 11.3 Å². The highest BCUT2D eigenvalue weighted by Gasteiger charge is 2.24. The molecule has 2 aromatic rings. The first-order chi connectivity index (χ1) is 8.84. The van der Waals surface area contributed by atoms with Gasteiger partial charge in [0.1, 0.15) is 11.8 Å². The summed E-state index contributed by atoms with van der Waals surface area (Å²) in [4.78, 5) is 2.16. The molecule has 104 valence electrons. The summed E-state index contributed by atoms with van der Waals surface area (Å²) in [6.45, 7) is 6.50. The zero-order valence-corrected chi connectivity index (χ0v) is 12.8. The van der Waals surface area contributed by atoms with Crippen molar-refractivity contribution in [3.8, 4) is 5.75 Å². The fraction of sp³-hybridized carbons (Fsp3) is 0.500. The standard InChI is InChI=1S/C14H20N2O2S/c1-14(2,3)11-7-6-10(19-11)13(17)12-9(18-5)8-15-16(12)4/h6-8,13,17H,1-5H3. The van der Waals surface area contributed by atoms with Crippen LogP contribution in [0.5, 0.6) is 5.75 Å². The van der Waals surface area contributed by atoms with Gasteiger partial charge >= 0.3 is 0 Å². The molecule has 0 aliphatic carbocycles. The van der Waals surface area contributed by atoms with Crippen LogP contribution in [0.15, 0.2) is 18.3 Å². The van der Waals surface area contributed by atoms with E-state index in [0.29, 0.717) is 11.4 Å². The molecule has 0 bridgehead atoms. The second kappa shape index (κ2) is 4.98. The van der Waals surface area contributed by atoms with E-state index in [9.17, 15) is 5.11 Å². The maximum Gasteiger partial charge on any atom is 0.163 e. The van der Waals surface area contributed by atoms with E-state index in [0.717, 1.165) is 4.88 Å². The maximum atomic E-state index is 10.5. The highest BCUT2D eigenvalue weighted by Crippen LogP contribution is 2.36. The molecular formula is C14H20N2O2S. The van der Waals surface area contributed by atoms with Crippen LogP contribution in [0, 0.1) is 0 Å². The zero-order valence-electron chi connectivity index (χ0n) is 12.0. The first kappa shape index (κ1) is 14.1. The Kier molecular flexibility index (Phi) is 3.69. The van der Waals surface area contributed by atoms with Crippen LogP contribution in [0.2, 0.25) is 0 Å². The number of methoxy groups -OCH3 is 1. The summed E-state index contributed by atoms with van der Waals surface area (Å²) < 4.78 is 6.90. The number of ether oxygens (including phenoxy) is 1.